The molecule has 6 nitrogen and oxygen atoms in total. The molecule has 130 valence electrons. The van der Waals surface area contributed by atoms with Crippen molar-refractivity contribution in [3.8, 4) is 0 Å². The Balaban J connectivity index is 1.46. The van der Waals surface area contributed by atoms with Gasteiger partial charge in [-0.1, -0.05) is 6.92 Å². The van der Waals surface area contributed by atoms with E-state index in [4.69, 9.17) is 9.47 Å². The summed E-state index contributed by atoms with van der Waals surface area (Å²) in [6, 6.07) is 0. The lowest BCUT2D eigenvalue weighted by atomic mass is 9.93. The van der Waals surface area contributed by atoms with Crippen LogP contribution in [0.2, 0.25) is 0 Å². The van der Waals surface area contributed by atoms with Crippen LogP contribution in [-0.4, -0.2) is 66.8 Å². The van der Waals surface area contributed by atoms with E-state index in [-0.39, 0.29) is 17.7 Å². The first-order chi connectivity index (χ1) is 11.1. The number of likely N-dealkylation sites (tertiary alicyclic amines) is 2. The SMILES string of the molecule is CCCC(=O)N1CCC(C(=O)N2CCC3(CC2)OCCO3)CC1. The minimum atomic E-state index is -0.424. The summed E-state index contributed by atoms with van der Waals surface area (Å²) in [7, 11) is 0. The standard InChI is InChI=1S/C17H28N2O4/c1-2-3-15(20)18-8-4-14(5-9-18)16(21)19-10-6-17(7-11-19)22-12-13-23-17/h14H,2-13H2,1H3. The van der Waals surface area contributed by atoms with Gasteiger partial charge in [0, 0.05) is 51.4 Å². The summed E-state index contributed by atoms with van der Waals surface area (Å²) >= 11 is 0. The number of ether oxygens (including phenoxy) is 2. The fourth-order valence-electron chi connectivity index (χ4n) is 3.86. The highest BCUT2D eigenvalue weighted by molar-refractivity contribution is 5.80. The van der Waals surface area contributed by atoms with E-state index in [9.17, 15) is 9.59 Å². The van der Waals surface area contributed by atoms with Crippen LogP contribution in [0.15, 0.2) is 0 Å². The van der Waals surface area contributed by atoms with E-state index in [1.165, 1.54) is 0 Å². The van der Waals surface area contributed by atoms with Gasteiger partial charge >= 0.3 is 0 Å². The summed E-state index contributed by atoms with van der Waals surface area (Å²) in [6.45, 7) is 6.23. The maximum Gasteiger partial charge on any atom is 0.225 e. The zero-order valence-corrected chi connectivity index (χ0v) is 14.1. The van der Waals surface area contributed by atoms with E-state index < -0.39 is 5.79 Å². The third-order valence-electron chi connectivity index (χ3n) is 5.31. The van der Waals surface area contributed by atoms with E-state index in [2.05, 4.69) is 0 Å². The molecule has 3 fully saturated rings. The molecule has 0 aromatic rings. The average molecular weight is 324 g/mol. The van der Waals surface area contributed by atoms with Crippen molar-refractivity contribution in [2.24, 2.45) is 5.92 Å². The van der Waals surface area contributed by atoms with Gasteiger partial charge in [-0.3, -0.25) is 9.59 Å². The molecule has 3 aliphatic rings. The monoisotopic (exact) mass is 324 g/mol. The number of hydrogen-bond acceptors (Lipinski definition) is 4. The second-order valence-corrected chi connectivity index (χ2v) is 6.84. The Hall–Kier alpha value is -1.14. The van der Waals surface area contributed by atoms with Crippen LogP contribution in [-0.2, 0) is 19.1 Å². The Morgan fingerprint density at radius 3 is 2.17 bits per heavy atom. The van der Waals surface area contributed by atoms with Gasteiger partial charge in [-0.15, -0.1) is 0 Å². The number of piperidine rings is 2. The molecule has 3 heterocycles. The molecule has 3 saturated heterocycles. The summed E-state index contributed by atoms with van der Waals surface area (Å²) in [4.78, 5) is 28.5. The highest BCUT2D eigenvalue weighted by Crippen LogP contribution is 2.32. The van der Waals surface area contributed by atoms with Crippen LogP contribution in [0.5, 0.6) is 0 Å². The molecule has 3 aliphatic heterocycles. The van der Waals surface area contributed by atoms with Crippen molar-refractivity contribution in [2.75, 3.05) is 39.4 Å². The molecule has 0 N–H and O–H groups in total. The highest BCUT2D eigenvalue weighted by Gasteiger charge is 2.42. The lowest BCUT2D eigenvalue weighted by Crippen LogP contribution is -2.50. The second-order valence-electron chi connectivity index (χ2n) is 6.84. The van der Waals surface area contributed by atoms with E-state index in [1.807, 2.05) is 16.7 Å². The molecule has 0 saturated carbocycles. The first-order valence-corrected chi connectivity index (χ1v) is 8.98. The molecule has 0 radical (unpaired) electrons. The molecule has 6 heteroatoms. The van der Waals surface area contributed by atoms with Gasteiger partial charge in [0.1, 0.15) is 0 Å². The van der Waals surface area contributed by atoms with Gasteiger partial charge in [0.2, 0.25) is 11.8 Å². The number of hydrogen-bond donors (Lipinski definition) is 0. The van der Waals surface area contributed by atoms with Crippen molar-refractivity contribution >= 4 is 11.8 Å². The Kier molecular flexibility index (Phi) is 5.21. The van der Waals surface area contributed by atoms with Crippen LogP contribution in [0.25, 0.3) is 0 Å². The topological polar surface area (TPSA) is 59.1 Å². The van der Waals surface area contributed by atoms with Gasteiger partial charge in [0.25, 0.3) is 0 Å². The van der Waals surface area contributed by atoms with Crippen LogP contribution < -0.4 is 0 Å². The number of amides is 2. The fraction of sp³-hybridized carbons (Fsp3) is 0.882. The molecule has 2 amide bonds. The Labute approximate surface area is 138 Å². The normalized spacial score (nSPS) is 25.1. The third kappa shape index (κ3) is 3.69. The van der Waals surface area contributed by atoms with Gasteiger partial charge in [-0.2, -0.15) is 0 Å². The Bertz CT molecular complexity index is 430. The molecule has 0 aromatic heterocycles. The minimum absolute atomic E-state index is 0.0696. The molecule has 0 aromatic carbocycles. The van der Waals surface area contributed by atoms with Gasteiger partial charge in [-0.05, 0) is 19.3 Å². The van der Waals surface area contributed by atoms with E-state index in [1.54, 1.807) is 0 Å². The van der Waals surface area contributed by atoms with E-state index >= 15 is 0 Å². The molecule has 3 rings (SSSR count). The summed E-state index contributed by atoms with van der Waals surface area (Å²) in [5.41, 5.74) is 0. The van der Waals surface area contributed by atoms with Gasteiger partial charge in [-0.25, -0.2) is 0 Å². The predicted molar refractivity (Wildman–Crippen MR) is 84.7 cm³/mol. The van der Waals surface area contributed by atoms with Crippen molar-refractivity contribution < 1.29 is 19.1 Å². The van der Waals surface area contributed by atoms with Crippen LogP contribution in [0.3, 0.4) is 0 Å². The fourth-order valence-corrected chi connectivity index (χ4v) is 3.86. The Morgan fingerprint density at radius 1 is 1.00 bits per heavy atom. The number of carbonyl (C=O) groups excluding carboxylic acids is 2. The molecule has 0 bridgehead atoms. The van der Waals surface area contributed by atoms with Gasteiger partial charge in [0.15, 0.2) is 5.79 Å². The molecule has 23 heavy (non-hydrogen) atoms. The Morgan fingerprint density at radius 2 is 1.61 bits per heavy atom. The molecular weight excluding hydrogens is 296 g/mol. The average Bonchev–Trinajstić information content (AvgIpc) is 3.03. The zero-order chi connectivity index (χ0) is 16.3. The number of rotatable bonds is 3. The maximum atomic E-state index is 12.7. The van der Waals surface area contributed by atoms with Crippen LogP contribution >= 0.6 is 0 Å². The summed E-state index contributed by atoms with van der Waals surface area (Å²) < 4.78 is 11.4. The minimum Gasteiger partial charge on any atom is -0.347 e. The van der Waals surface area contributed by atoms with Crippen molar-refractivity contribution in [1.82, 2.24) is 9.80 Å². The van der Waals surface area contributed by atoms with Gasteiger partial charge in [0.05, 0.1) is 13.2 Å². The zero-order valence-electron chi connectivity index (χ0n) is 14.1. The lowest BCUT2D eigenvalue weighted by Gasteiger charge is -2.40. The van der Waals surface area contributed by atoms with E-state index in [0.29, 0.717) is 32.7 Å². The van der Waals surface area contributed by atoms with Crippen molar-refractivity contribution in [1.29, 1.82) is 0 Å². The first-order valence-electron chi connectivity index (χ1n) is 8.98. The second kappa shape index (κ2) is 7.18. The van der Waals surface area contributed by atoms with Crippen LogP contribution in [0, 0.1) is 5.92 Å². The quantitative estimate of drug-likeness (QED) is 0.787. The smallest absolute Gasteiger partial charge is 0.225 e. The maximum absolute atomic E-state index is 12.7. The molecular formula is C17H28N2O4. The number of nitrogens with zero attached hydrogens (tertiary/aromatic N) is 2. The summed E-state index contributed by atoms with van der Waals surface area (Å²) in [6.07, 6.45) is 4.63. The van der Waals surface area contributed by atoms with Crippen molar-refractivity contribution in [3.63, 3.8) is 0 Å². The van der Waals surface area contributed by atoms with Crippen molar-refractivity contribution in [3.05, 3.63) is 0 Å². The molecule has 0 atom stereocenters. The molecule has 1 spiro atoms. The highest BCUT2D eigenvalue weighted by atomic mass is 16.7. The van der Waals surface area contributed by atoms with Crippen molar-refractivity contribution in [2.45, 2.75) is 51.2 Å². The van der Waals surface area contributed by atoms with Gasteiger partial charge < -0.3 is 19.3 Å². The number of carbonyl (C=O) groups is 2. The van der Waals surface area contributed by atoms with Crippen LogP contribution in [0.4, 0.5) is 0 Å². The first kappa shape index (κ1) is 16.7. The third-order valence-corrected chi connectivity index (χ3v) is 5.31. The lowest BCUT2D eigenvalue weighted by molar-refractivity contribution is -0.188. The summed E-state index contributed by atoms with van der Waals surface area (Å²) in [5, 5.41) is 0. The predicted octanol–water partition coefficient (Wildman–Crippen LogP) is 1.39. The molecule has 0 aliphatic carbocycles. The molecule has 0 unspecified atom stereocenters. The van der Waals surface area contributed by atoms with E-state index in [0.717, 1.165) is 45.2 Å². The van der Waals surface area contributed by atoms with Crippen LogP contribution in [0.1, 0.15) is 45.4 Å². The largest absolute Gasteiger partial charge is 0.347 e. The summed E-state index contributed by atoms with van der Waals surface area (Å²) in [5.74, 6) is 0.126.